The van der Waals surface area contributed by atoms with Gasteiger partial charge in [0.05, 0.1) is 0 Å². The molecule has 0 aromatic heterocycles. The third kappa shape index (κ3) is 15.4. The minimum absolute atomic E-state index is 0.800. The maximum atomic E-state index is 5.17. The monoisotopic (exact) mass is 415 g/mol. The summed E-state index contributed by atoms with van der Waals surface area (Å²) in [5.41, 5.74) is 1.49. The molecule has 0 aliphatic rings. The van der Waals surface area contributed by atoms with Gasteiger partial charge < -0.3 is 0 Å². The smallest absolute Gasteiger partial charge is 0.0628 e. The quantitative estimate of drug-likeness (QED) is 0.234. The Labute approximate surface area is 154 Å². The van der Waals surface area contributed by atoms with Gasteiger partial charge in [-0.15, -0.1) is 0 Å². The van der Waals surface area contributed by atoms with Crippen molar-refractivity contribution in [3.63, 3.8) is 0 Å². The van der Waals surface area contributed by atoms with Crippen LogP contribution >= 0.6 is 0 Å². The molecule has 0 fully saturated rings. The normalized spacial score (nSPS) is 15.3. The summed E-state index contributed by atoms with van der Waals surface area (Å²) in [7, 11) is 0. The predicted molar refractivity (Wildman–Crippen MR) is 100 cm³/mol. The number of allylic oxidation sites excluding steroid dienone is 1. The van der Waals surface area contributed by atoms with E-state index >= 15 is 0 Å². The molecular weight excluding hydrogens is 375 g/mol. The molecule has 0 aliphatic heterocycles. The van der Waals surface area contributed by atoms with Gasteiger partial charge in [0.25, 0.3) is 0 Å². The summed E-state index contributed by atoms with van der Waals surface area (Å²) in [6.45, 7) is 12.6. The minimum Gasteiger partial charge on any atom is -0.0628 e. The molecule has 0 N–H and O–H groups in total. The van der Waals surface area contributed by atoms with Crippen molar-refractivity contribution >= 4 is 22.9 Å². The zero-order chi connectivity index (χ0) is 16.8. The zero-order valence-electron chi connectivity index (χ0n) is 15.8. The van der Waals surface area contributed by atoms with Crippen LogP contribution in [0.4, 0.5) is 0 Å². The molecule has 0 unspecified atom stereocenters. The summed E-state index contributed by atoms with van der Waals surface area (Å²) in [6.07, 6.45) is 14.7. The molecule has 22 heavy (non-hydrogen) atoms. The summed E-state index contributed by atoms with van der Waals surface area (Å²) in [6, 6.07) is 0. The summed E-state index contributed by atoms with van der Waals surface area (Å²) < 4.78 is 5.17. The fourth-order valence-corrected chi connectivity index (χ4v) is 3.23. The zero-order valence-corrected chi connectivity index (χ0v) is 18.6. The third-order valence-corrected chi connectivity index (χ3v) is 5.13. The fraction of sp³-hybridized carbons (Fsp3) is 0.900. The Bertz CT molecular complexity index is 273. The van der Waals surface area contributed by atoms with Crippen LogP contribution in [0, 0.1) is 17.8 Å². The second-order valence-electron chi connectivity index (χ2n) is 7.72. The van der Waals surface area contributed by atoms with Gasteiger partial charge in [-0.1, -0.05) is 40.0 Å². The van der Waals surface area contributed by atoms with Crippen LogP contribution < -0.4 is 0 Å². The molecule has 2 atom stereocenters. The molecule has 0 aromatic carbocycles. The van der Waals surface area contributed by atoms with Gasteiger partial charge in [-0.2, -0.15) is 0 Å². The first-order valence-corrected chi connectivity index (χ1v) is 10.6. The molecule has 129 valence electrons. The molecular formula is C20H39OSn. The molecule has 0 amide bonds. The first-order chi connectivity index (χ1) is 10.5. The Morgan fingerprint density at radius 1 is 0.864 bits per heavy atom. The van der Waals surface area contributed by atoms with Gasteiger partial charge in [0.2, 0.25) is 0 Å². The van der Waals surface area contributed by atoms with E-state index in [0.29, 0.717) is 0 Å². The van der Waals surface area contributed by atoms with Crippen molar-refractivity contribution in [2.45, 2.75) is 92.4 Å². The van der Waals surface area contributed by atoms with Crippen molar-refractivity contribution in [1.29, 1.82) is 0 Å². The number of hydrogen-bond acceptors (Lipinski definition) is 1. The van der Waals surface area contributed by atoms with E-state index in [-0.39, 0.29) is 0 Å². The van der Waals surface area contributed by atoms with Gasteiger partial charge in [-0.25, -0.2) is 0 Å². The summed E-state index contributed by atoms with van der Waals surface area (Å²) in [5, 5.41) is 0. The summed E-state index contributed by atoms with van der Waals surface area (Å²) in [4.78, 5) is 0. The minimum atomic E-state index is 0.800. The molecule has 3 radical (unpaired) electrons. The van der Waals surface area contributed by atoms with Crippen molar-refractivity contribution < 1.29 is 3.07 Å². The fourth-order valence-electron chi connectivity index (χ4n) is 2.99. The topological polar surface area (TPSA) is 9.23 Å². The van der Waals surface area contributed by atoms with Crippen LogP contribution in [0.3, 0.4) is 0 Å². The van der Waals surface area contributed by atoms with Crippen LogP contribution in [0.25, 0.3) is 0 Å². The van der Waals surface area contributed by atoms with Crippen molar-refractivity contribution in [3.05, 3.63) is 11.6 Å². The standard InChI is InChI=1S/C20H39O.Sn/c1-17(2)9-6-10-18(3)11-7-12-19(4)13-8-14-20(5)15-16-21;/h15,17-19H,6-14,16H2,1-5H3;/q-1;+1/b20-15+;/t18-,19-;/m1./s1. The molecule has 0 spiro atoms. The average Bonchev–Trinajstić information content (AvgIpc) is 2.44. The van der Waals surface area contributed by atoms with E-state index < -0.39 is 0 Å². The SMILES string of the molecule is C/C(=C\C[O][Sn])CCC[C@H](C)CCC[C@H](C)CCCC(C)C. The molecule has 0 aromatic rings. The second kappa shape index (κ2) is 15.1. The Balaban J connectivity index is 3.54. The number of hydrogen-bond donors (Lipinski definition) is 0. The molecule has 0 heterocycles. The third-order valence-electron chi connectivity index (χ3n) is 4.66. The van der Waals surface area contributed by atoms with Gasteiger partial charge in [0, 0.05) is 0 Å². The molecule has 0 bridgehead atoms. The summed E-state index contributed by atoms with van der Waals surface area (Å²) >= 11 is 1.17. The van der Waals surface area contributed by atoms with Crippen molar-refractivity contribution in [1.82, 2.24) is 0 Å². The van der Waals surface area contributed by atoms with Gasteiger partial charge in [-0.3, -0.25) is 0 Å². The van der Waals surface area contributed by atoms with Crippen molar-refractivity contribution in [3.8, 4) is 0 Å². The van der Waals surface area contributed by atoms with Gasteiger partial charge in [-0.05, 0) is 5.92 Å². The summed E-state index contributed by atoms with van der Waals surface area (Å²) in [5.74, 6) is 2.69. The van der Waals surface area contributed by atoms with Crippen LogP contribution in [-0.4, -0.2) is 29.5 Å². The molecule has 0 saturated heterocycles. The van der Waals surface area contributed by atoms with Gasteiger partial charge in [0.15, 0.2) is 0 Å². The van der Waals surface area contributed by atoms with Crippen LogP contribution in [0.5, 0.6) is 0 Å². The van der Waals surface area contributed by atoms with E-state index in [0.717, 1.165) is 24.4 Å². The van der Waals surface area contributed by atoms with Gasteiger partial charge >= 0.3 is 108 Å². The molecule has 0 aliphatic carbocycles. The van der Waals surface area contributed by atoms with Crippen molar-refractivity contribution in [2.75, 3.05) is 6.61 Å². The van der Waals surface area contributed by atoms with Crippen LogP contribution in [-0.2, 0) is 3.07 Å². The van der Waals surface area contributed by atoms with E-state index in [1.165, 1.54) is 86.3 Å². The number of rotatable bonds is 14. The van der Waals surface area contributed by atoms with Crippen LogP contribution in [0.15, 0.2) is 11.6 Å². The first kappa shape index (κ1) is 22.5. The molecule has 0 rings (SSSR count). The molecule has 1 nitrogen and oxygen atoms in total. The van der Waals surface area contributed by atoms with E-state index in [4.69, 9.17) is 3.07 Å². The molecule has 2 heteroatoms. The van der Waals surface area contributed by atoms with E-state index in [2.05, 4.69) is 40.7 Å². The van der Waals surface area contributed by atoms with E-state index in [1.807, 2.05) is 0 Å². The van der Waals surface area contributed by atoms with Gasteiger partial charge in [0.1, 0.15) is 0 Å². The Morgan fingerprint density at radius 2 is 1.36 bits per heavy atom. The molecule has 0 saturated carbocycles. The predicted octanol–water partition coefficient (Wildman–Crippen LogP) is 6.47. The second-order valence-corrected chi connectivity index (χ2v) is 8.54. The van der Waals surface area contributed by atoms with E-state index in [1.54, 1.807) is 0 Å². The Morgan fingerprint density at radius 3 is 1.86 bits per heavy atom. The maximum absolute atomic E-state index is 5.17. The van der Waals surface area contributed by atoms with Crippen molar-refractivity contribution in [2.24, 2.45) is 17.8 Å². The first-order valence-electron chi connectivity index (χ1n) is 9.39. The van der Waals surface area contributed by atoms with E-state index in [9.17, 15) is 0 Å². The Kier molecular flexibility index (Phi) is 15.4. The Hall–Kier alpha value is 0.499. The van der Waals surface area contributed by atoms with Crippen LogP contribution in [0.2, 0.25) is 0 Å². The average molecular weight is 414 g/mol. The van der Waals surface area contributed by atoms with Crippen LogP contribution in [0.1, 0.15) is 92.4 Å².